The maximum absolute atomic E-state index is 12.4. The quantitative estimate of drug-likeness (QED) is 0.827. The Kier molecular flexibility index (Phi) is 3.99. The highest BCUT2D eigenvalue weighted by Crippen LogP contribution is 2.55. The van der Waals surface area contributed by atoms with E-state index in [1.54, 1.807) is 19.2 Å². The molecule has 2 N–H and O–H groups in total. The van der Waals surface area contributed by atoms with Crippen molar-refractivity contribution in [2.45, 2.75) is 44.1 Å². The summed E-state index contributed by atoms with van der Waals surface area (Å²) in [4.78, 5) is 12.4. The van der Waals surface area contributed by atoms with Gasteiger partial charge in [0.25, 0.3) is 5.91 Å². The lowest BCUT2D eigenvalue weighted by Gasteiger charge is -2.57. The van der Waals surface area contributed by atoms with E-state index < -0.39 is 0 Å². The van der Waals surface area contributed by atoms with E-state index in [-0.39, 0.29) is 11.4 Å². The Balaban J connectivity index is 1.40. The van der Waals surface area contributed by atoms with Gasteiger partial charge in [-0.1, -0.05) is 6.07 Å². The number of ether oxygens (including phenoxy) is 1. The minimum atomic E-state index is -0.184. The lowest BCUT2D eigenvalue weighted by atomic mass is 9.53. The molecule has 1 aromatic rings. The molecule has 1 aromatic carbocycles. The second-order valence-corrected chi connectivity index (χ2v) is 8.25. The minimum absolute atomic E-state index is 0.119. The lowest BCUT2D eigenvalue weighted by molar-refractivity contribution is -0.0101. The van der Waals surface area contributed by atoms with Gasteiger partial charge in [-0.3, -0.25) is 10.1 Å². The second kappa shape index (κ2) is 6.03. The van der Waals surface area contributed by atoms with Crippen LogP contribution in [0.2, 0.25) is 0 Å². The molecule has 4 fully saturated rings. The average Bonchev–Trinajstić information content (AvgIpc) is 2.52. The highest BCUT2D eigenvalue weighted by Gasteiger charge is 2.51. The number of rotatable bonds is 3. The number of amides is 1. The first-order valence-corrected chi connectivity index (χ1v) is 9.24. The average molecular weight is 344 g/mol. The van der Waals surface area contributed by atoms with Crippen molar-refractivity contribution in [3.63, 3.8) is 0 Å². The molecule has 4 saturated carbocycles. The number of methoxy groups -OCH3 is 1. The van der Waals surface area contributed by atoms with E-state index in [1.165, 1.54) is 38.5 Å². The summed E-state index contributed by atoms with van der Waals surface area (Å²) in [6.07, 6.45) is 7.79. The van der Waals surface area contributed by atoms with Gasteiger partial charge in [0.15, 0.2) is 5.11 Å². The number of thiocarbonyl (C=S) groups is 1. The number of carbonyl (C=O) groups is 1. The van der Waals surface area contributed by atoms with Crippen molar-refractivity contribution in [3.8, 4) is 5.75 Å². The number of carbonyl (C=O) groups excluding carboxylic acids is 1. The molecule has 5 heteroatoms. The van der Waals surface area contributed by atoms with Gasteiger partial charge < -0.3 is 10.1 Å². The molecule has 0 atom stereocenters. The summed E-state index contributed by atoms with van der Waals surface area (Å²) < 4.78 is 5.17. The minimum Gasteiger partial charge on any atom is -0.497 e. The largest absolute Gasteiger partial charge is 0.497 e. The van der Waals surface area contributed by atoms with Gasteiger partial charge in [-0.15, -0.1) is 0 Å². The van der Waals surface area contributed by atoms with E-state index in [9.17, 15) is 4.79 Å². The van der Waals surface area contributed by atoms with Gasteiger partial charge >= 0.3 is 0 Å². The van der Waals surface area contributed by atoms with Gasteiger partial charge in [-0.2, -0.15) is 0 Å². The van der Waals surface area contributed by atoms with E-state index in [1.807, 2.05) is 12.1 Å². The summed E-state index contributed by atoms with van der Waals surface area (Å²) in [5, 5.41) is 6.83. The molecule has 4 aliphatic rings. The fraction of sp³-hybridized carbons (Fsp3) is 0.579. The topological polar surface area (TPSA) is 50.4 Å². The predicted octanol–water partition coefficient (Wildman–Crippen LogP) is 3.27. The monoisotopic (exact) mass is 344 g/mol. The first kappa shape index (κ1) is 15.9. The van der Waals surface area contributed by atoms with Crippen LogP contribution in [0.15, 0.2) is 24.3 Å². The van der Waals surface area contributed by atoms with Crippen LogP contribution in [0.25, 0.3) is 0 Å². The fourth-order valence-electron chi connectivity index (χ4n) is 5.48. The molecule has 128 valence electrons. The summed E-state index contributed by atoms with van der Waals surface area (Å²) in [7, 11) is 1.59. The molecule has 5 rings (SSSR count). The van der Waals surface area contributed by atoms with Gasteiger partial charge in [0.05, 0.1) is 7.11 Å². The molecule has 0 saturated heterocycles. The van der Waals surface area contributed by atoms with Crippen molar-refractivity contribution in [1.29, 1.82) is 0 Å². The van der Waals surface area contributed by atoms with E-state index in [2.05, 4.69) is 10.6 Å². The van der Waals surface area contributed by atoms with E-state index >= 15 is 0 Å². The van der Waals surface area contributed by atoms with Crippen LogP contribution < -0.4 is 15.4 Å². The molecular weight excluding hydrogens is 320 g/mol. The van der Waals surface area contributed by atoms with E-state index in [0.29, 0.717) is 16.4 Å². The Morgan fingerprint density at radius 3 is 2.38 bits per heavy atom. The Morgan fingerprint density at radius 1 is 1.17 bits per heavy atom. The summed E-state index contributed by atoms with van der Waals surface area (Å²) in [5.74, 6) is 3.03. The Bertz CT molecular complexity index is 638. The summed E-state index contributed by atoms with van der Waals surface area (Å²) in [6, 6.07) is 7.12. The van der Waals surface area contributed by atoms with Crippen LogP contribution in [-0.4, -0.2) is 23.7 Å². The molecule has 4 aliphatic carbocycles. The molecule has 0 heterocycles. The van der Waals surface area contributed by atoms with Gasteiger partial charge in [0.1, 0.15) is 5.75 Å². The molecule has 0 aromatic heterocycles. The maximum atomic E-state index is 12.4. The van der Waals surface area contributed by atoms with Crippen LogP contribution in [0.1, 0.15) is 48.9 Å². The first-order chi connectivity index (χ1) is 11.5. The van der Waals surface area contributed by atoms with Crippen molar-refractivity contribution in [1.82, 2.24) is 10.6 Å². The molecule has 1 amide bonds. The SMILES string of the molecule is COc1cccc(C(=O)NC(=S)NC23CC4CC(CC(C4)C2)C3)c1. The summed E-state index contributed by atoms with van der Waals surface area (Å²) >= 11 is 5.45. The third kappa shape index (κ3) is 3.02. The maximum Gasteiger partial charge on any atom is 0.257 e. The van der Waals surface area contributed by atoms with E-state index in [4.69, 9.17) is 17.0 Å². The number of benzene rings is 1. The molecule has 4 bridgehead atoms. The fourth-order valence-corrected chi connectivity index (χ4v) is 5.78. The highest BCUT2D eigenvalue weighted by molar-refractivity contribution is 7.80. The summed E-state index contributed by atoms with van der Waals surface area (Å²) in [6.45, 7) is 0. The van der Waals surface area contributed by atoms with Crippen molar-refractivity contribution >= 4 is 23.2 Å². The third-order valence-corrected chi connectivity index (χ3v) is 6.18. The molecule has 24 heavy (non-hydrogen) atoms. The van der Waals surface area contributed by atoms with E-state index in [0.717, 1.165) is 17.8 Å². The van der Waals surface area contributed by atoms with Gasteiger partial charge in [-0.25, -0.2) is 0 Å². The molecule has 0 spiro atoms. The third-order valence-electron chi connectivity index (χ3n) is 5.98. The van der Waals surface area contributed by atoms with Crippen LogP contribution in [0, 0.1) is 17.8 Å². The van der Waals surface area contributed by atoms with Crippen LogP contribution in [0.3, 0.4) is 0 Å². The molecule has 0 unspecified atom stereocenters. The van der Waals surface area contributed by atoms with Gasteiger partial charge in [0, 0.05) is 11.1 Å². The Morgan fingerprint density at radius 2 is 1.79 bits per heavy atom. The van der Waals surface area contributed by atoms with Crippen LogP contribution in [0.4, 0.5) is 0 Å². The molecule has 0 aliphatic heterocycles. The Hall–Kier alpha value is -1.62. The van der Waals surface area contributed by atoms with Crippen LogP contribution in [-0.2, 0) is 0 Å². The number of hydrogen-bond acceptors (Lipinski definition) is 3. The Labute approximate surface area is 148 Å². The smallest absolute Gasteiger partial charge is 0.257 e. The van der Waals surface area contributed by atoms with Crippen LogP contribution >= 0.6 is 12.2 Å². The molecule has 0 radical (unpaired) electrons. The zero-order chi connectivity index (χ0) is 16.7. The normalized spacial score (nSPS) is 33.1. The van der Waals surface area contributed by atoms with Crippen LogP contribution in [0.5, 0.6) is 5.75 Å². The predicted molar refractivity (Wildman–Crippen MR) is 97.1 cm³/mol. The van der Waals surface area contributed by atoms with Crippen molar-refractivity contribution in [2.24, 2.45) is 17.8 Å². The van der Waals surface area contributed by atoms with Gasteiger partial charge in [-0.05, 0) is 86.7 Å². The zero-order valence-corrected chi connectivity index (χ0v) is 14.8. The molecule has 4 nitrogen and oxygen atoms in total. The zero-order valence-electron chi connectivity index (χ0n) is 14.0. The second-order valence-electron chi connectivity index (χ2n) is 7.84. The van der Waals surface area contributed by atoms with Crippen molar-refractivity contribution < 1.29 is 9.53 Å². The van der Waals surface area contributed by atoms with Crippen molar-refractivity contribution in [3.05, 3.63) is 29.8 Å². The van der Waals surface area contributed by atoms with Crippen molar-refractivity contribution in [2.75, 3.05) is 7.11 Å². The molecular formula is C19H24N2O2S. The summed E-state index contributed by atoms with van der Waals surface area (Å²) in [5.41, 5.74) is 0.678. The standard InChI is InChI=1S/C19H24N2O2S/c1-23-16-4-2-3-15(8-16)17(22)20-18(24)21-19-9-12-5-13(10-19)7-14(6-12)11-19/h2-4,8,12-14H,5-7,9-11H2,1H3,(H2,20,21,22,24). The van der Waals surface area contributed by atoms with Gasteiger partial charge in [0.2, 0.25) is 0 Å². The number of nitrogens with one attached hydrogen (secondary N) is 2. The first-order valence-electron chi connectivity index (χ1n) is 8.83. The lowest BCUT2D eigenvalue weighted by Crippen LogP contribution is -2.61. The highest BCUT2D eigenvalue weighted by atomic mass is 32.1. The number of hydrogen-bond donors (Lipinski definition) is 2.